The molecule has 0 fully saturated rings. The zero-order valence-corrected chi connectivity index (χ0v) is 52.4. The number of benzene rings is 4. The van der Waals surface area contributed by atoms with Crippen LogP contribution in [0.2, 0.25) is 0 Å². The summed E-state index contributed by atoms with van der Waals surface area (Å²) in [5.41, 5.74) is 20.1. The molecule has 12 aromatic heterocycles. The van der Waals surface area contributed by atoms with Crippen LogP contribution in [0.25, 0.3) is 89.2 Å². The number of aromatic amines is 4. The number of hydrogen-bond donors (Lipinski definition) is 8. The Balaban J connectivity index is 0.000000115. The molecule has 0 aliphatic carbocycles. The molecular formula is C74H63FN20. The summed E-state index contributed by atoms with van der Waals surface area (Å²) >= 11 is 0. The number of pyridine rings is 4. The first-order chi connectivity index (χ1) is 46.6. The van der Waals surface area contributed by atoms with Gasteiger partial charge in [-0.3, -0.25) is 0 Å². The molecule has 8 N–H and O–H groups in total. The standard InChI is InChI=1S/3C19H17N5.C17H12FN5/c1-12-5-3-7-16(13(12)2)23-19-21-10-8-17(24-19)15-11-22-18-14(15)6-4-9-20-18;1-12-5-6-16(13(2)10-12)23-19-21-9-7-17(24-19)15-11-22-18-14(15)4-3-8-20-18;1-2-13-6-3-4-8-16(13)23-19-21-11-9-17(24-19)15-12-22-18-14(15)7-5-10-20-18;18-13-5-1-2-6-15(13)23-17-20-9-7-14(22-17)12-10-21-16-11(12)4-3-8-19-16/h2*3-11H,1-2H3,(H,20,22)(H,21,23,24);3-12H,2H2,1H3,(H,20,22)(H,21,23,24);1-10H,(H,19,21)(H,20,22,23). The summed E-state index contributed by atoms with van der Waals surface area (Å²) in [5.74, 6) is 1.74. The summed E-state index contributed by atoms with van der Waals surface area (Å²) < 4.78 is 13.7. The van der Waals surface area contributed by atoms with Crippen molar-refractivity contribution in [3.05, 3.63) is 266 Å². The quantitative estimate of drug-likeness (QED) is 0.0533. The van der Waals surface area contributed by atoms with Crippen LogP contribution in [-0.4, -0.2) is 79.7 Å². The first kappa shape index (κ1) is 61.0. The Morgan fingerprint density at radius 3 is 1.14 bits per heavy atom. The number of para-hydroxylation sites is 2. The van der Waals surface area contributed by atoms with Crippen molar-refractivity contribution < 1.29 is 4.39 Å². The fourth-order valence-corrected chi connectivity index (χ4v) is 10.8. The topological polar surface area (TPSA) is 266 Å². The molecule has 0 radical (unpaired) electrons. The number of aromatic nitrogens is 16. The van der Waals surface area contributed by atoms with Crippen molar-refractivity contribution in [3.63, 3.8) is 0 Å². The number of fused-ring (bicyclic) bond motifs is 4. The molecule has 95 heavy (non-hydrogen) atoms. The Morgan fingerprint density at radius 2 is 0.716 bits per heavy atom. The summed E-state index contributed by atoms with van der Waals surface area (Å²) in [6, 6.07) is 50.3. The Morgan fingerprint density at radius 1 is 0.337 bits per heavy atom. The molecule has 0 saturated carbocycles. The van der Waals surface area contributed by atoms with Gasteiger partial charge in [-0.2, -0.15) is 0 Å². The average Bonchev–Trinajstić information content (AvgIpc) is 1.82. The number of nitrogens with zero attached hydrogens (tertiary/aromatic N) is 12. The van der Waals surface area contributed by atoms with Crippen molar-refractivity contribution in [1.29, 1.82) is 0 Å². The molecule has 16 rings (SSSR count). The van der Waals surface area contributed by atoms with Crippen molar-refractivity contribution in [2.75, 3.05) is 21.3 Å². The van der Waals surface area contributed by atoms with E-state index in [0.717, 1.165) is 113 Å². The van der Waals surface area contributed by atoms with Crippen LogP contribution < -0.4 is 21.3 Å². The third-order valence-electron chi connectivity index (χ3n) is 15.8. The zero-order chi connectivity index (χ0) is 65.0. The van der Waals surface area contributed by atoms with Gasteiger partial charge in [0.05, 0.1) is 28.5 Å². The van der Waals surface area contributed by atoms with E-state index in [1.165, 1.54) is 33.9 Å². The summed E-state index contributed by atoms with van der Waals surface area (Å²) in [7, 11) is 0. The maximum absolute atomic E-state index is 13.7. The molecule has 12 heterocycles. The highest BCUT2D eigenvalue weighted by molar-refractivity contribution is 5.95. The Hall–Kier alpha value is -12.9. The lowest BCUT2D eigenvalue weighted by Crippen LogP contribution is -2.00. The summed E-state index contributed by atoms with van der Waals surface area (Å²) in [4.78, 5) is 65.5. The normalized spacial score (nSPS) is 10.9. The van der Waals surface area contributed by atoms with Crippen LogP contribution in [0.15, 0.2) is 232 Å². The van der Waals surface area contributed by atoms with Crippen molar-refractivity contribution in [3.8, 4) is 45.0 Å². The van der Waals surface area contributed by atoms with Crippen molar-refractivity contribution in [2.45, 2.75) is 41.0 Å². The van der Waals surface area contributed by atoms with Crippen LogP contribution in [0.5, 0.6) is 0 Å². The second-order valence-electron chi connectivity index (χ2n) is 22.0. The number of halogens is 1. The van der Waals surface area contributed by atoms with Gasteiger partial charge in [-0.1, -0.05) is 67.1 Å². The number of aryl methyl sites for hydroxylation is 4. The van der Waals surface area contributed by atoms with Gasteiger partial charge in [-0.25, -0.2) is 64.2 Å². The molecule has 0 aliphatic heterocycles. The summed E-state index contributed by atoms with van der Waals surface area (Å²) in [5, 5.41) is 17.0. The van der Waals surface area contributed by atoms with E-state index in [-0.39, 0.29) is 5.82 Å². The van der Waals surface area contributed by atoms with Crippen LogP contribution in [0.1, 0.15) is 34.7 Å². The number of hydrogen-bond acceptors (Lipinski definition) is 16. The second kappa shape index (κ2) is 28.1. The fraction of sp³-hybridized carbons (Fsp3) is 0.0811. The Labute approximate surface area is 545 Å². The molecule has 0 unspecified atom stereocenters. The highest BCUT2D eigenvalue weighted by atomic mass is 19.1. The summed E-state index contributed by atoms with van der Waals surface area (Å²) in [6.07, 6.45) is 22.6. The van der Waals surface area contributed by atoms with E-state index >= 15 is 0 Å². The lowest BCUT2D eigenvalue weighted by atomic mass is 10.1. The van der Waals surface area contributed by atoms with Gasteiger partial charge in [-0.05, 0) is 159 Å². The molecule has 0 bridgehead atoms. The third kappa shape index (κ3) is 14.0. The van der Waals surface area contributed by atoms with Crippen molar-refractivity contribution in [2.24, 2.45) is 0 Å². The number of nitrogens with one attached hydrogen (secondary N) is 8. The van der Waals surface area contributed by atoms with Gasteiger partial charge >= 0.3 is 0 Å². The van der Waals surface area contributed by atoms with Crippen LogP contribution in [0.4, 0.5) is 50.9 Å². The van der Waals surface area contributed by atoms with Gasteiger partial charge < -0.3 is 41.2 Å². The highest BCUT2D eigenvalue weighted by Gasteiger charge is 2.15. The predicted molar refractivity (Wildman–Crippen MR) is 376 cm³/mol. The minimum atomic E-state index is -0.349. The molecule has 0 spiro atoms. The number of H-pyrrole nitrogens is 4. The first-order valence-corrected chi connectivity index (χ1v) is 30.6. The maximum Gasteiger partial charge on any atom is 0.227 e. The molecule has 0 atom stereocenters. The smallest absolute Gasteiger partial charge is 0.227 e. The number of rotatable bonds is 13. The summed E-state index contributed by atoms with van der Waals surface area (Å²) in [6.45, 7) is 10.5. The maximum atomic E-state index is 13.7. The van der Waals surface area contributed by atoms with Gasteiger partial charge in [0.15, 0.2) is 0 Å². The van der Waals surface area contributed by atoms with Crippen LogP contribution in [0.3, 0.4) is 0 Å². The molecule has 4 aromatic carbocycles. The van der Waals surface area contributed by atoms with Crippen LogP contribution in [0, 0.1) is 33.5 Å². The Kier molecular flexibility index (Phi) is 18.0. The molecule has 21 heteroatoms. The molecule has 0 aliphatic rings. The van der Waals surface area contributed by atoms with E-state index in [1.807, 2.05) is 128 Å². The molecule has 20 nitrogen and oxygen atoms in total. The van der Waals surface area contributed by atoms with Crippen LogP contribution >= 0.6 is 0 Å². The predicted octanol–water partition coefficient (Wildman–Crippen LogP) is 17.0. The fourth-order valence-electron chi connectivity index (χ4n) is 10.8. The van der Waals surface area contributed by atoms with Gasteiger partial charge in [-0.15, -0.1) is 0 Å². The molecular weight excluding hydrogens is 1190 g/mol. The van der Waals surface area contributed by atoms with E-state index in [1.54, 1.807) is 67.8 Å². The minimum absolute atomic E-state index is 0.338. The lowest BCUT2D eigenvalue weighted by molar-refractivity contribution is 0.631. The average molecular weight is 1250 g/mol. The van der Waals surface area contributed by atoms with E-state index in [9.17, 15) is 4.39 Å². The zero-order valence-electron chi connectivity index (χ0n) is 52.4. The van der Waals surface area contributed by atoms with Crippen molar-refractivity contribution >= 4 is 90.7 Å². The van der Waals surface area contributed by atoms with Crippen LogP contribution in [-0.2, 0) is 6.42 Å². The highest BCUT2D eigenvalue weighted by Crippen LogP contribution is 2.32. The molecule has 466 valence electrons. The van der Waals surface area contributed by atoms with E-state index in [0.29, 0.717) is 29.5 Å². The monoisotopic (exact) mass is 1250 g/mol. The third-order valence-corrected chi connectivity index (χ3v) is 15.8. The molecule has 0 saturated heterocycles. The molecule has 16 aromatic rings. The largest absolute Gasteiger partial charge is 0.345 e. The van der Waals surface area contributed by atoms with E-state index < -0.39 is 0 Å². The first-order valence-electron chi connectivity index (χ1n) is 30.6. The van der Waals surface area contributed by atoms with E-state index in [2.05, 4.69) is 166 Å². The van der Waals surface area contributed by atoms with E-state index in [4.69, 9.17) is 0 Å². The second-order valence-corrected chi connectivity index (χ2v) is 22.0. The van der Waals surface area contributed by atoms with Crippen molar-refractivity contribution in [1.82, 2.24) is 79.7 Å². The Bertz CT molecular complexity index is 5330. The van der Waals surface area contributed by atoms with Gasteiger partial charge in [0.25, 0.3) is 0 Å². The van der Waals surface area contributed by atoms with Gasteiger partial charge in [0, 0.05) is 135 Å². The lowest BCUT2D eigenvalue weighted by Gasteiger charge is -2.10. The number of anilines is 8. The minimum Gasteiger partial charge on any atom is -0.345 e. The molecule has 0 amide bonds. The SMILES string of the molecule is CCc1ccccc1Nc1nccc(-c2c[nH]c3ncccc23)n1.Cc1ccc(Nc2nccc(-c3c[nH]c4ncccc34)n2)c(C)c1.Cc1cccc(Nc2nccc(-c3c[nH]c4ncccc34)n2)c1C.Fc1ccccc1Nc1nccc(-c2c[nH]c3ncccc23)n1. The van der Waals surface area contributed by atoms with Gasteiger partial charge in [0.2, 0.25) is 23.8 Å². The van der Waals surface area contributed by atoms with Gasteiger partial charge in [0.1, 0.15) is 28.4 Å².